The van der Waals surface area contributed by atoms with Crippen LogP contribution in [0.4, 0.5) is 5.95 Å². The Morgan fingerprint density at radius 2 is 2.07 bits per heavy atom. The van der Waals surface area contributed by atoms with E-state index in [-0.39, 0.29) is 11.9 Å². The average molecular weight is 369 g/mol. The zero-order valence-electron chi connectivity index (χ0n) is 15.7. The van der Waals surface area contributed by atoms with Gasteiger partial charge in [0.2, 0.25) is 5.95 Å². The highest BCUT2D eigenvalue weighted by Gasteiger charge is 2.19. The summed E-state index contributed by atoms with van der Waals surface area (Å²) in [5.74, 6) is 2.01. The van der Waals surface area contributed by atoms with Crippen LogP contribution in [0, 0.1) is 6.92 Å². The Bertz CT molecular complexity index is 971. The molecule has 142 valence electrons. The van der Waals surface area contributed by atoms with Crippen LogP contribution in [0.15, 0.2) is 18.2 Å². The van der Waals surface area contributed by atoms with Crippen molar-refractivity contribution in [3.8, 4) is 0 Å². The van der Waals surface area contributed by atoms with E-state index in [1.807, 2.05) is 39.1 Å². The van der Waals surface area contributed by atoms with E-state index in [0.29, 0.717) is 24.6 Å². The van der Waals surface area contributed by atoms with Crippen LogP contribution in [0.2, 0.25) is 0 Å². The number of benzene rings is 1. The topological polar surface area (TPSA) is 101 Å². The SMILES string of the molecule is Cc1nc([C@H](C)NC(=O)c2ccc3c(c2)nc(N2CCOCC2)n3C)n[nH]1. The third kappa shape index (κ3) is 3.37. The number of aromatic nitrogens is 5. The van der Waals surface area contributed by atoms with Gasteiger partial charge in [0.1, 0.15) is 5.82 Å². The van der Waals surface area contributed by atoms with Gasteiger partial charge >= 0.3 is 0 Å². The molecule has 1 aliphatic heterocycles. The van der Waals surface area contributed by atoms with Gasteiger partial charge in [-0.25, -0.2) is 9.97 Å². The molecule has 0 unspecified atom stereocenters. The predicted molar refractivity (Wildman–Crippen MR) is 101 cm³/mol. The van der Waals surface area contributed by atoms with Gasteiger partial charge < -0.3 is 19.5 Å². The number of carbonyl (C=O) groups is 1. The van der Waals surface area contributed by atoms with Crippen LogP contribution in [-0.2, 0) is 11.8 Å². The van der Waals surface area contributed by atoms with Gasteiger partial charge in [-0.1, -0.05) is 0 Å². The lowest BCUT2D eigenvalue weighted by molar-refractivity contribution is 0.0938. The smallest absolute Gasteiger partial charge is 0.251 e. The normalized spacial score (nSPS) is 15.9. The zero-order valence-corrected chi connectivity index (χ0v) is 15.7. The molecule has 1 amide bonds. The van der Waals surface area contributed by atoms with Gasteiger partial charge in [-0.2, -0.15) is 5.10 Å². The number of hydrogen-bond acceptors (Lipinski definition) is 6. The summed E-state index contributed by atoms with van der Waals surface area (Å²) in [5.41, 5.74) is 2.35. The molecule has 1 saturated heterocycles. The molecule has 3 aromatic rings. The standard InChI is InChI=1S/C18H23N7O2/c1-11(16-20-12(2)22-23-16)19-17(26)13-4-5-15-14(10-13)21-18(24(15)3)25-6-8-27-9-7-25/h4-5,10-11H,6-9H2,1-3H3,(H,19,26)(H,20,22,23)/t11-/m0/s1. The molecular weight excluding hydrogens is 346 g/mol. The van der Waals surface area contributed by atoms with Crippen molar-refractivity contribution < 1.29 is 9.53 Å². The number of imidazole rings is 1. The molecule has 2 N–H and O–H groups in total. The third-order valence-corrected chi connectivity index (χ3v) is 4.76. The lowest BCUT2D eigenvalue weighted by atomic mass is 10.1. The largest absolute Gasteiger partial charge is 0.378 e. The number of amides is 1. The molecule has 0 spiro atoms. The Labute approximate surface area is 156 Å². The Kier molecular flexibility index (Phi) is 4.53. The second-order valence-corrected chi connectivity index (χ2v) is 6.75. The van der Waals surface area contributed by atoms with Crippen molar-refractivity contribution >= 4 is 22.9 Å². The van der Waals surface area contributed by atoms with Crippen molar-refractivity contribution in [2.24, 2.45) is 7.05 Å². The number of fused-ring (bicyclic) bond motifs is 1. The monoisotopic (exact) mass is 369 g/mol. The highest BCUT2D eigenvalue weighted by Crippen LogP contribution is 2.23. The minimum atomic E-state index is -0.286. The lowest BCUT2D eigenvalue weighted by Gasteiger charge is -2.27. The molecule has 0 saturated carbocycles. The van der Waals surface area contributed by atoms with Gasteiger partial charge in [0.15, 0.2) is 5.82 Å². The van der Waals surface area contributed by atoms with Crippen molar-refractivity contribution in [1.82, 2.24) is 30.0 Å². The zero-order chi connectivity index (χ0) is 19.0. The molecule has 0 bridgehead atoms. The molecule has 0 aliphatic carbocycles. The fraction of sp³-hybridized carbons (Fsp3) is 0.444. The van der Waals surface area contributed by atoms with E-state index in [2.05, 4.69) is 30.0 Å². The first-order valence-electron chi connectivity index (χ1n) is 9.02. The first kappa shape index (κ1) is 17.5. The molecule has 1 fully saturated rings. The summed E-state index contributed by atoms with van der Waals surface area (Å²) >= 11 is 0. The first-order chi connectivity index (χ1) is 13.0. The number of H-pyrrole nitrogens is 1. The number of rotatable bonds is 4. The van der Waals surface area contributed by atoms with Gasteiger partial charge in [-0.3, -0.25) is 9.89 Å². The number of aromatic amines is 1. The summed E-state index contributed by atoms with van der Waals surface area (Å²) in [6.07, 6.45) is 0. The lowest BCUT2D eigenvalue weighted by Crippen LogP contribution is -2.37. The highest BCUT2D eigenvalue weighted by atomic mass is 16.5. The maximum atomic E-state index is 12.6. The molecule has 4 rings (SSSR count). The van der Waals surface area contributed by atoms with E-state index in [4.69, 9.17) is 9.72 Å². The van der Waals surface area contributed by atoms with Crippen LogP contribution in [0.25, 0.3) is 11.0 Å². The van der Waals surface area contributed by atoms with Gasteiger partial charge in [-0.15, -0.1) is 0 Å². The highest BCUT2D eigenvalue weighted by molar-refractivity contribution is 5.97. The molecule has 9 nitrogen and oxygen atoms in total. The molecule has 2 aromatic heterocycles. The summed E-state index contributed by atoms with van der Waals surface area (Å²) in [6, 6.07) is 5.29. The average Bonchev–Trinajstić information content (AvgIpc) is 3.26. The number of morpholine rings is 1. The van der Waals surface area contributed by atoms with Gasteiger partial charge in [0.05, 0.1) is 30.3 Å². The predicted octanol–water partition coefficient (Wildman–Crippen LogP) is 1.33. The third-order valence-electron chi connectivity index (χ3n) is 4.76. The van der Waals surface area contributed by atoms with E-state index in [0.717, 1.165) is 35.9 Å². The minimum Gasteiger partial charge on any atom is -0.378 e. The fourth-order valence-electron chi connectivity index (χ4n) is 3.27. The number of nitrogens with one attached hydrogen (secondary N) is 2. The number of anilines is 1. The molecule has 1 aliphatic rings. The summed E-state index contributed by atoms with van der Waals surface area (Å²) in [5, 5.41) is 9.81. The second kappa shape index (κ2) is 6.99. The van der Waals surface area contributed by atoms with Crippen LogP contribution >= 0.6 is 0 Å². The van der Waals surface area contributed by atoms with Crippen LogP contribution in [-0.4, -0.2) is 56.9 Å². The van der Waals surface area contributed by atoms with E-state index < -0.39 is 0 Å². The molecule has 0 radical (unpaired) electrons. The number of hydrogen-bond donors (Lipinski definition) is 2. The van der Waals surface area contributed by atoms with Gasteiger partial charge in [0.25, 0.3) is 5.91 Å². The minimum absolute atomic E-state index is 0.176. The van der Waals surface area contributed by atoms with Crippen LogP contribution in [0.1, 0.15) is 35.0 Å². The van der Waals surface area contributed by atoms with Crippen molar-refractivity contribution in [3.63, 3.8) is 0 Å². The van der Waals surface area contributed by atoms with E-state index in [1.54, 1.807) is 0 Å². The molecule has 1 aromatic carbocycles. The second-order valence-electron chi connectivity index (χ2n) is 6.75. The summed E-state index contributed by atoms with van der Waals surface area (Å²) in [6.45, 7) is 6.73. The summed E-state index contributed by atoms with van der Waals surface area (Å²) < 4.78 is 7.47. The van der Waals surface area contributed by atoms with E-state index in [1.165, 1.54) is 0 Å². The molecule has 9 heteroatoms. The van der Waals surface area contributed by atoms with Crippen molar-refractivity contribution in [3.05, 3.63) is 35.4 Å². The molecular formula is C18H23N7O2. The fourth-order valence-corrected chi connectivity index (χ4v) is 3.27. The van der Waals surface area contributed by atoms with Crippen LogP contribution in [0.3, 0.4) is 0 Å². The number of ether oxygens (including phenoxy) is 1. The van der Waals surface area contributed by atoms with Crippen LogP contribution in [0.5, 0.6) is 0 Å². The maximum absolute atomic E-state index is 12.6. The summed E-state index contributed by atoms with van der Waals surface area (Å²) in [4.78, 5) is 23.8. The van der Waals surface area contributed by atoms with Crippen molar-refractivity contribution in [2.75, 3.05) is 31.2 Å². The quantitative estimate of drug-likeness (QED) is 0.719. The Morgan fingerprint density at radius 3 is 2.78 bits per heavy atom. The van der Waals surface area contributed by atoms with Crippen LogP contribution < -0.4 is 10.2 Å². The summed E-state index contributed by atoms with van der Waals surface area (Å²) in [7, 11) is 1.99. The van der Waals surface area contributed by atoms with Gasteiger partial charge in [0, 0.05) is 25.7 Å². The van der Waals surface area contributed by atoms with E-state index in [9.17, 15) is 4.79 Å². The van der Waals surface area contributed by atoms with Crippen molar-refractivity contribution in [2.45, 2.75) is 19.9 Å². The number of aryl methyl sites for hydroxylation is 2. The Morgan fingerprint density at radius 1 is 1.30 bits per heavy atom. The number of carbonyl (C=O) groups excluding carboxylic acids is 1. The first-order valence-corrected chi connectivity index (χ1v) is 9.02. The number of nitrogens with zero attached hydrogens (tertiary/aromatic N) is 5. The molecule has 27 heavy (non-hydrogen) atoms. The Balaban J connectivity index is 1.56. The molecule has 3 heterocycles. The maximum Gasteiger partial charge on any atom is 0.251 e. The van der Waals surface area contributed by atoms with Crippen molar-refractivity contribution in [1.29, 1.82) is 0 Å². The molecule has 1 atom stereocenters. The Hall–Kier alpha value is -2.94. The van der Waals surface area contributed by atoms with Gasteiger partial charge in [-0.05, 0) is 32.0 Å². The van der Waals surface area contributed by atoms with E-state index >= 15 is 0 Å².